The van der Waals surface area contributed by atoms with Gasteiger partial charge in [-0.25, -0.2) is 0 Å². The van der Waals surface area contributed by atoms with Crippen LogP contribution < -0.4 is 15.4 Å². The molecule has 5 aromatic rings. The highest BCUT2D eigenvalue weighted by molar-refractivity contribution is 6.14. The molecule has 5 heteroatoms. The third-order valence-electron chi connectivity index (χ3n) is 6.26. The van der Waals surface area contributed by atoms with Crippen molar-refractivity contribution in [2.45, 2.75) is 6.92 Å². The van der Waals surface area contributed by atoms with Crippen molar-refractivity contribution in [2.24, 2.45) is 0 Å². The van der Waals surface area contributed by atoms with Crippen LogP contribution in [0.3, 0.4) is 0 Å². The third kappa shape index (κ3) is 5.21. The Hall–Kier alpha value is -4.90. The van der Waals surface area contributed by atoms with Crippen LogP contribution in [0.2, 0.25) is 0 Å². The van der Waals surface area contributed by atoms with Crippen LogP contribution in [0.4, 0.5) is 5.69 Å². The molecule has 5 nitrogen and oxygen atoms in total. The van der Waals surface area contributed by atoms with Crippen molar-refractivity contribution < 1.29 is 14.3 Å². The number of rotatable bonds is 6. The van der Waals surface area contributed by atoms with E-state index in [0.717, 1.165) is 32.7 Å². The molecule has 0 radical (unpaired) electrons. The Balaban J connectivity index is 1.61. The zero-order valence-electron chi connectivity index (χ0n) is 20.6. The fourth-order valence-corrected chi connectivity index (χ4v) is 4.28. The maximum absolute atomic E-state index is 13.5. The number of aryl methyl sites for hydroxylation is 1. The van der Waals surface area contributed by atoms with Crippen LogP contribution in [0.15, 0.2) is 109 Å². The topological polar surface area (TPSA) is 67.4 Å². The van der Waals surface area contributed by atoms with Gasteiger partial charge in [0.25, 0.3) is 11.8 Å². The van der Waals surface area contributed by atoms with Crippen molar-refractivity contribution in [3.63, 3.8) is 0 Å². The minimum Gasteiger partial charge on any atom is -0.497 e. The van der Waals surface area contributed by atoms with E-state index in [-0.39, 0.29) is 11.6 Å². The first-order chi connectivity index (χ1) is 18.0. The van der Waals surface area contributed by atoms with Gasteiger partial charge in [0.1, 0.15) is 11.4 Å². The number of fused-ring (bicyclic) bond motifs is 2. The predicted octanol–water partition coefficient (Wildman–Crippen LogP) is 6.72. The molecule has 2 N–H and O–H groups in total. The van der Waals surface area contributed by atoms with Crippen molar-refractivity contribution in [3.05, 3.63) is 126 Å². The van der Waals surface area contributed by atoms with E-state index < -0.39 is 5.91 Å². The molecule has 0 heterocycles. The Labute approximate surface area is 215 Å². The summed E-state index contributed by atoms with van der Waals surface area (Å²) in [6.45, 7) is 1.96. The Morgan fingerprint density at radius 3 is 1.95 bits per heavy atom. The van der Waals surface area contributed by atoms with Crippen molar-refractivity contribution in [3.8, 4) is 5.75 Å². The van der Waals surface area contributed by atoms with Gasteiger partial charge in [-0.15, -0.1) is 0 Å². The van der Waals surface area contributed by atoms with Crippen LogP contribution in [-0.2, 0) is 4.79 Å². The Bertz CT molecular complexity index is 1580. The fraction of sp³-hybridized carbons (Fsp3) is 0.0625. The van der Waals surface area contributed by atoms with E-state index in [2.05, 4.69) is 16.7 Å². The highest BCUT2D eigenvalue weighted by atomic mass is 16.5. The maximum atomic E-state index is 13.5. The monoisotopic (exact) mass is 486 g/mol. The molecule has 0 saturated heterocycles. The van der Waals surface area contributed by atoms with Gasteiger partial charge in [0.15, 0.2) is 0 Å². The fourth-order valence-electron chi connectivity index (χ4n) is 4.28. The summed E-state index contributed by atoms with van der Waals surface area (Å²) in [5.74, 6) is -0.105. The summed E-state index contributed by atoms with van der Waals surface area (Å²) < 4.78 is 5.21. The second-order valence-corrected chi connectivity index (χ2v) is 8.79. The average Bonchev–Trinajstić information content (AvgIpc) is 2.93. The smallest absolute Gasteiger partial charge is 0.272 e. The van der Waals surface area contributed by atoms with Gasteiger partial charge in [-0.3, -0.25) is 9.59 Å². The zero-order chi connectivity index (χ0) is 25.8. The lowest BCUT2D eigenvalue weighted by molar-refractivity contribution is -0.113. The van der Waals surface area contributed by atoms with E-state index in [0.29, 0.717) is 17.0 Å². The third-order valence-corrected chi connectivity index (χ3v) is 6.26. The first-order valence-electron chi connectivity index (χ1n) is 12.0. The number of hydrogen-bond acceptors (Lipinski definition) is 3. The van der Waals surface area contributed by atoms with Crippen molar-refractivity contribution in [2.75, 3.05) is 12.4 Å². The van der Waals surface area contributed by atoms with Crippen LogP contribution >= 0.6 is 0 Å². The van der Waals surface area contributed by atoms with Crippen LogP contribution in [0, 0.1) is 6.92 Å². The van der Waals surface area contributed by atoms with Gasteiger partial charge in [-0.05, 0) is 82.6 Å². The summed E-state index contributed by atoms with van der Waals surface area (Å²) in [7, 11) is 1.59. The number of hydrogen-bond donors (Lipinski definition) is 2. The average molecular weight is 487 g/mol. The van der Waals surface area contributed by atoms with E-state index in [9.17, 15) is 9.59 Å². The van der Waals surface area contributed by atoms with Crippen molar-refractivity contribution >= 4 is 45.1 Å². The molecule has 0 unspecified atom stereocenters. The molecule has 0 aliphatic rings. The van der Waals surface area contributed by atoms with E-state index in [1.54, 1.807) is 49.6 Å². The summed E-state index contributed by atoms with van der Waals surface area (Å²) in [5.41, 5.74) is 3.10. The lowest BCUT2D eigenvalue weighted by Gasteiger charge is -2.14. The van der Waals surface area contributed by atoms with Crippen LogP contribution in [-0.4, -0.2) is 18.9 Å². The first kappa shape index (κ1) is 23.8. The molecule has 2 amide bonds. The highest BCUT2D eigenvalue weighted by Gasteiger charge is 2.17. The van der Waals surface area contributed by atoms with Gasteiger partial charge in [-0.2, -0.15) is 0 Å². The summed E-state index contributed by atoms with van der Waals surface area (Å²) in [5, 5.41) is 9.83. The number of ether oxygens (including phenoxy) is 1. The molecule has 0 aliphatic carbocycles. The maximum Gasteiger partial charge on any atom is 0.272 e. The van der Waals surface area contributed by atoms with Gasteiger partial charge in [-0.1, -0.05) is 66.2 Å². The highest BCUT2D eigenvalue weighted by Crippen LogP contribution is 2.30. The molecule has 0 bridgehead atoms. The number of nitrogens with one attached hydrogen (secondary N) is 2. The minimum atomic E-state index is -0.428. The molecular weight excluding hydrogens is 460 g/mol. The van der Waals surface area contributed by atoms with E-state index in [1.165, 1.54) is 0 Å². The second kappa shape index (κ2) is 10.4. The van der Waals surface area contributed by atoms with Gasteiger partial charge in [0.05, 0.1) is 7.11 Å². The number of carbonyl (C=O) groups excluding carboxylic acids is 2. The molecule has 0 aromatic heterocycles. The van der Waals surface area contributed by atoms with Gasteiger partial charge in [0.2, 0.25) is 0 Å². The van der Waals surface area contributed by atoms with E-state index >= 15 is 0 Å². The summed E-state index contributed by atoms with van der Waals surface area (Å²) >= 11 is 0. The summed E-state index contributed by atoms with van der Waals surface area (Å²) in [4.78, 5) is 26.7. The number of amides is 2. The van der Waals surface area contributed by atoms with Crippen LogP contribution in [0.5, 0.6) is 5.75 Å². The predicted molar refractivity (Wildman–Crippen MR) is 150 cm³/mol. The molecule has 0 aliphatic heterocycles. The Kier molecular flexibility index (Phi) is 6.68. The number of methoxy groups -OCH3 is 1. The molecule has 0 fully saturated rings. The molecule has 0 spiro atoms. The van der Waals surface area contributed by atoms with Crippen LogP contribution in [0.25, 0.3) is 27.6 Å². The SMILES string of the molecule is COc1ccc(NC(=O)C(=Cc2c3ccccc3cc3ccccc23)NC(=O)c2ccc(C)cc2)cc1. The van der Waals surface area contributed by atoms with Gasteiger partial charge < -0.3 is 15.4 Å². The molecule has 37 heavy (non-hydrogen) atoms. The van der Waals surface area contributed by atoms with E-state index in [1.807, 2.05) is 67.6 Å². The zero-order valence-corrected chi connectivity index (χ0v) is 20.6. The molecule has 5 rings (SSSR count). The Morgan fingerprint density at radius 2 is 1.35 bits per heavy atom. The second-order valence-electron chi connectivity index (χ2n) is 8.79. The summed E-state index contributed by atoms with van der Waals surface area (Å²) in [6, 6.07) is 32.4. The summed E-state index contributed by atoms with van der Waals surface area (Å²) in [6.07, 6.45) is 1.76. The van der Waals surface area contributed by atoms with Crippen LogP contribution in [0.1, 0.15) is 21.5 Å². The lowest BCUT2D eigenvalue weighted by Crippen LogP contribution is -2.30. The lowest BCUT2D eigenvalue weighted by atomic mass is 9.96. The number of anilines is 1. The minimum absolute atomic E-state index is 0.142. The molecule has 5 aromatic carbocycles. The van der Waals surface area contributed by atoms with Crippen molar-refractivity contribution in [1.29, 1.82) is 0 Å². The standard InChI is InChI=1S/C32H26N2O3/c1-21-11-13-22(14-12-21)31(35)34-30(32(36)33-25-15-17-26(37-2)18-16-25)20-29-27-9-5-3-7-23(27)19-24-8-4-6-10-28(24)29/h3-20H,1-2H3,(H,33,36)(H,34,35). The quantitative estimate of drug-likeness (QED) is 0.207. The van der Waals surface area contributed by atoms with Gasteiger partial charge in [0, 0.05) is 11.3 Å². The largest absolute Gasteiger partial charge is 0.497 e. The number of carbonyl (C=O) groups is 2. The van der Waals surface area contributed by atoms with Gasteiger partial charge >= 0.3 is 0 Å². The van der Waals surface area contributed by atoms with Crippen molar-refractivity contribution in [1.82, 2.24) is 5.32 Å². The van der Waals surface area contributed by atoms with E-state index in [4.69, 9.17) is 4.74 Å². The molecule has 182 valence electrons. The number of benzene rings is 5. The normalized spacial score (nSPS) is 11.4. The molecular formula is C32H26N2O3. The molecule has 0 atom stereocenters. The Morgan fingerprint density at radius 1 is 0.757 bits per heavy atom. The molecule has 0 saturated carbocycles. The first-order valence-corrected chi connectivity index (χ1v) is 12.0.